The van der Waals surface area contributed by atoms with Gasteiger partial charge < -0.3 is 10.5 Å². The van der Waals surface area contributed by atoms with E-state index in [-0.39, 0.29) is 12.4 Å². The highest BCUT2D eigenvalue weighted by Crippen LogP contribution is 2.21. The van der Waals surface area contributed by atoms with E-state index in [1.165, 1.54) is 12.1 Å². The Hall–Kier alpha value is -2.07. The van der Waals surface area contributed by atoms with Gasteiger partial charge in [0, 0.05) is 16.1 Å². The molecule has 0 spiro atoms. The Bertz CT molecular complexity index is 658. The molecule has 104 valence electrons. The van der Waals surface area contributed by atoms with E-state index in [2.05, 4.69) is 0 Å². The molecule has 0 saturated heterocycles. The molecular formula is C15H13ClFNO2. The van der Waals surface area contributed by atoms with Gasteiger partial charge in [-0.05, 0) is 42.8 Å². The number of hydrogen-bond acceptors (Lipinski definition) is 2. The van der Waals surface area contributed by atoms with Crippen molar-refractivity contribution in [3.8, 4) is 5.75 Å². The number of benzene rings is 2. The summed E-state index contributed by atoms with van der Waals surface area (Å²) in [7, 11) is 0. The third-order valence-corrected chi connectivity index (χ3v) is 3.21. The SMILES string of the molecule is Cc1cc(OCc2ccc(C(N)=O)cc2Cl)ccc1F. The predicted molar refractivity (Wildman–Crippen MR) is 75.4 cm³/mol. The molecule has 20 heavy (non-hydrogen) atoms. The van der Waals surface area contributed by atoms with Gasteiger partial charge in [0.05, 0.1) is 0 Å². The average Bonchev–Trinajstić information content (AvgIpc) is 2.41. The second-order valence-corrected chi connectivity index (χ2v) is 4.78. The molecule has 2 aromatic carbocycles. The molecule has 2 N–H and O–H groups in total. The first-order valence-corrected chi connectivity index (χ1v) is 6.32. The minimum atomic E-state index is -0.534. The summed E-state index contributed by atoms with van der Waals surface area (Å²) < 4.78 is 18.7. The Morgan fingerprint density at radius 3 is 2.65 bits per heavy atom. The fraction of sp³-hybridized carbons (Fsp3) is 0.133. The van der Waals surface area contributed by atoms with Crippen molar-refractivity contribution in [3.63, 3.8) is 0 Å². The van der Waals surface area contributed by atoms with Crippen LogP contribution in [0.5, 0.6) is 5.75 Å². The van der Waals surface area contributed by atoms with Crippen LogP contribution in [-0.4, -0.2) is 5.91 Å². The number of aryl methyl sites for hydroxylation is 1. The minimum absolute atomic E-state index is 0.225. The van der Waals surface area contributed by atoms with Crippen LogP contribution in [0.15, 0.2) is 36.4 Å². The number of carbonyl (C=O) groups excluding carboxylic acids is 1. The third kappa shape index (κ3) is 3.27. The van der Waals surface area contributed by atoms with Crippen LogP contribution >= 0.6 is 11.6 Å². The first kappa shape index (κ1) is 14.3. The topological polar surface area (TPSA) is 52.3 Å². The van der Waals surface area contributed by atoms with E-state index in [4.69, 9.17) is 22.1 Å². The number of rotatable bonds is 4. The number of hydrogen-bond donors (Lipinski definition) is 1. The summed E-state index contributed by atoms with van der Waals surface area (Å²) in [6.45, 7) is 1.89. The Labute approximate surface area is 121 Å². The second-order valence-electron chi connectivity index (χ2n) is 4.37. The molecule has 0 aliphatic heterocycles. The van der Waals surface area contributed by atoms with Gasteiger partial charge in [-0.3, -0.25) is 4.79 Å². The molecule has 0 bridgehead atoms. The maximum atomic E-state index is 13.1. The van der Waals surface area contributed by atoms with Crippen LogP contribution in [0, 0.1) is 12.7 Å². The molecule has 2 rings (SSSR count). The number of primary amides is 1. The molecule has 5 heteroatoms. The monoisotopic (exact) mass is 293 g/mol. The molecule has 2 aromatic rings. The second kappa shape index (κ2) is 5.92. The Kier molecular flexibility index (Phi) is 4.25. The van der Waals surface area contributed by atoms with Gasteiger partial charge in [-0.15, -0.1) is 0 Å². The Morgan fingerprint density at radius 2 is 2.05 bits per heavy atom. The summed E-state index contributed by atoms with van der Waals surface area (Å²) >= 11 is 6.05. The van der Waals surface area contributed by atoms with Crippen molar-refractivity contribution in [2.24, 2.45) is 5.73 Å². The van der Waals surface area contributed by atoms with Crippen molar-refractivity contribution < 1.29 is 13.9 Å². The molecule has 3 nitrogen and oxygen atoms in total. The van der Waals surface area contributed by atoms with Gasteiger partial charge in [0.2, 0.25) is 5.91 Å². The maximum absolute atomic E-state index is 13.1. The standard InChI is InChI=1S/C15H13ClFNO2/c1-9-6-12(4-5-14(9)17)20-8-11-3-2-10(15(18)19)7-13(11)16/h2-7H,8H2,1H3,(H2,18,19). The van der Waals surface area contributed by atoms with E-state index in [1.807, 2.05) is 0 Å². The van der Waals surface area contributed by atoms with Gasteiger partial charge in [-0.2, -0.15) is 0 Å². The summed E-state index contributed by atoms with van der Waals surface area (Å²) in [6, 6.07) is 9.28. The van der Waals surface area contributed by atoms with E-state index in [1.54, 1.807) is 31.2 Å². The summed E-state index contributed by atoms with van der Waals surface area (Å²) in [5.74, 6) is -0.256. The van der Waals surface area contributed by atoms with Crippen LogP contribution < -0.4 is 10.5 Å². The van der Waals surface area contributed by atoms with Gasteiger partial charge in [0.25, 0.3) is 0 Å². The fourth-order valence-corrected chi connectivity index (χ4v) is 1.92. The highest BCUT2D eigenvalue weighted by molar-refractivity contribution is 6.31. The molecular weight excluding hydrogens is 281 g/mol. The lowest BCUT2D eigenvalue weighted by molar-refractivity contribution is 0.1000. The van der Waals surface area contributed by atoms with Gasteiger partial charge in [0.15, 0.2) is 0 Å². The molecule has 1 amide bonds. The van der Waals surface area contributed by atoms with Gasteiger partial charge in [-0.25, -0.2) is 4.39 Å². The van der Waals surface area contributed by atoms with Gasteiger partial charge in [-0.1, -0.05) is 17.7 Å². The predicted octanol–water partition coefficient (Wildman–Crippen LogP) is 3.47. The van der Waals surface area contributed by atoms with Gasteiger partial charge in [0.1, 0.15) is 18.2 Å². The third-order valence-electron chi connectivity index (χ3n) is 2.86. The van der Waals surface area contributed by atoms with Crippen molar-refractivity contribution in [2.75, 3.05) is 0 Å². The number of nitrogens with two attached hydrogens (primary N) is 1. The smallest absolute Gasteiger partial charge is 0.248 e. The summed E-state index contributed by atoms with van der Waals surface area (Å²) in [4.78, 5) is 11.0. The van der Waals surface area contributed by atoms with Crippen LogP contribution in [0.25, 0.3) is 0 Å². The summed E-state index contributed by atoms with van der Waals surface area (Å²) in [6.07, 6.45) is 0. The molecule has 0 aromatic heterocycles. The number of ether oxygens (including phenoxy) is 1. The van der Waals surface area contributed by atoms with Crippen molar-refractivity contribution in [1.29, 1.82) is 0 Å². The number of halogens is 2. The Balaban J connectivity index is 2.10. The van der Waals surface area contributed by atoms with E-state index in [0.717, 1.165) is 5.56 Å². The lowest BCUT2D eigenvalue weighted by atomic mass is 10.1. The first-order valence-electron chi connectivity index (χ1n) is 5.94. The average molecular weight is 294 g/mol. The van der Waals surface area contributed by atoms with Gasteiger partial charge >= 0.3 is 0 Å². The zero-order valence-corrected chi connectivity index (χ0v) is 11.6. The fourth-order valence-electron chi connectivity index (χ4n) is 1.69. The molecule has 0 heterocycles. The Morgan fingerprint density at radius 1 is 1.30 bits per heavy atom. The normalized spacial score (nSPS) is 10.3. The lowest BCUT2D eigenvalue weighted by Crippen LogP contribution is -2.11. The van der Waals surface area contributed by atoms with Crippen LogP contribution in [0.4, 0.5) is 4.39 Å². The molecule has 0 radical (unpaired) electrons. The van der Waals surface area contributed by atoms with Crippen LogP contribution in [0.2, 0.25) is 5.02 Å². The largest absolute Gasteiger partial charge is 0.489 e. The minimum Gasteiger partial charge on any atom is -0.489 e. The number of carbonyl (C=O) groups is 1. The maximum Gasteiger partial charge on any atom is 0.248 e. The molecule has 0 saturated carbocycles. The van der Waals surface area contributed by atoms with Crippen LogP contribution in [0.1, 0.15) is 21.5 Å². The lowest BCUT2D eigenvalue weighted by Gasteiger charge is -2.09. The highest BCUT2D eigenvalue weighted by atomic mass is 35.5. The van der Waals surface area contributed by atoms with E-state index >= 15 is 0 Å². The van der Waals surface area contributed by atoms with Crippen molar-refractivity contribution in [1.82, 2.24) is 0 Å². The molecule has 0 aliphatic rings. The summed E-state index contributed by atoms with van der Waals surface area (Å²) in [5.41, 5.74) is 6.74. The van der Waals surface area contributed by atoms with Crippen molar-refractivity contribution in [3.05, 3.63) is 63.9 Å². The zero-order valence-electron chi connectivity index (χ0n) is 10.8. The van der Waals surface area contributed by atoms with Crippen LogP contribution in [0.3, 0.4) is 0 Å². The zero-order chi connectivity index (χ0) is 14.7. The molecule has 0 unspecified atom stereocenters. The molecule has 0 aliphatic carbocycles. The highest BCUT2D eigenvalue weighted by Gasteiger charge is 2.07. The summed E-state index contributed by atoms with van der Waals surface area (Å²) in [5, 5.41) is 0.403. The van der Waals surface area contributed by atoms with Crippen molar-refractivity contribution >= 4 is 17.5 Å². The van der Waals surface area contributed by atoms with E-state index in [0.29, 0.717) is 21.9 Å². The van der Waals surface area contributed by atoms with Crippen molar-refractivity contribution in [2.45, 2.75) is 13.5 Å². The molecule has 0 fully saturated rings. The van der Waals surface area contributed by atoms with E-state index < -0.39 is 5.91 Å². The van der Waals surface area contributed by atoms with E-state index in [9.17, 15) is 9.18 Å². The molecule has 0 atom stereocenters. The van der Waals surface area contributed by atoms with Crippen LogP contribution in [-0.2, 0) is 6.61 Å². The first-order chi connectivity index (χ1) is 9.47. The number of amides is 1. The quantitative estimate of drug-likeness (QED) is 0.938.